The van der Waals surface area contributed by atoms with Gasteiger partial charge in [-0.25, -0.2) is 9.97 Å². The summed E-state index contributed by atoms with van der Waals surface area (Å²) in [5.41, 5.74) is 1.56. The van der Waals surface area contributed by atoms with E-state index in [1.807, 2.05) is 4.90 Å². The standard InChI is InChI=1S/C19H18N6O2/c26-17-10-15(23-18(24-17)16-11-21-7-8-22-16)14-2-1-9-25(12-14)19(27)13-3-5-20-6-4-13/h3-8,10-11,14H,1-2,9,12H2,(H,23,24,26)/t14-/m1/s1. The van der Waals surface area contributed by atoms with Gasteiger partial charge in [0.2, 0.25) is 0 Å². The van der Waals surface area contributed by atoms with Crippen LogP contribution in [0.15, 0.2) is 54.0 Å². The number of nitrogens with zero attached hydrogens (tertiary/aromatic N) is 5. The van der Waals surface area contributed by atoms with Crippen molar-refractivity contribution in [3.05, 3.63) is 70.8 Å². The first-order valence-electron chi connectivity index (χ1n) is 8.77. The molecule has 27 heavy (non-hydrogen) atoms. The number of H-pyrrole nitrogens is 1. The molecule has 0 saturated carbocycles. The molecule has 136 valence electrons. The first kappa shape index (κ1) is 17.0. The van der Waals surface area contributed by atoms with Gasteiger partial charge in [-0.05, 0) is 25.0 Å². The van der Waals surface area contributed by atoms with Crippen LogP contribution in [0.5, 0.6) is 0 Å². The van der Waals surface area contributed by atoms with E-state index in [1.165, 1.54) is 6.07 Å². The molecule has 0 aliphatic carbocycles. The van der Waals surface area contributed by atoms with Crippen LogP contribution in [0.25, 0.3) is 11.5 Å². The largest absolute Gasteiger partial charge is 0.338 e. The Labute approximate surface area is 155 Å². The van der Waals surface area contributed by atoms with E-state index in [2.05, 4.69) is 24.9 Å². The second-order valence-electron chi connectivity index (χ2n) is 6.44. The fourth-order valence-electron chi connectivity index (χ4n) is 3.31. The van der Waals surface area contributed by atoms with Crippen molar-refractivity contribution in [3.63, 3.8) is 0 Å². The third kappa shape index (κ3) is 3.74. The summed E-state index contributed by atoms with van der Waals surface area (Å²) in [7, 11) is 0. The number of rotatable bonds is 3. The van der Waals surface area contributed by atoms with Crippen LogP contribution in [-0.2, 0) is 0 Å². The van der Waals surface area contributed by atoms with Crippen LogP contribution in [0.4, 0.5) is 0 Å². The molecule has 1 aliphatic heterocycles. The van der Waals surface area contributed by atoms with Crippen LogP contribution in [0.1, 0.15) is 34.8 Å². The zero-order valence-electron chi connectivity index (χ0n) is 14.6. The highest BCUT2D eigenvalue weighted by molar-refractivity contribution is 5.94. The quantitative estimate of drug-likeness (QED) is 0.759. The molecule has 0 aromatic carbocycles. The Bertz CT molecular complexity index is 990. The van der Waals surface area contributed by atoms with E-state index >= 15 is 0 Å². The molecule has 3 aromatic heterocycles. The van der Waals surface area contributed by atoms with Crippen molar-refractivity contribution in [2.45, 2.75) is 18.8 Å². The Morgan fingerprint density at radius 1 is 1.15 bits per heavy atom. The van der Waals surface area contributed by atoms with Crippen LogP contribution < -0.4 is 5.56 Å². The lowest BCUT2D eigenvalue weighted by Gasteiger charge is -2.32. The number of aromatic nitrogens is 5. The molecule has 8 nitrogen and oxygen atoms in total. The van der Waals surface area contributed by atoms with Gasteiger partial charge in [-0.15, -0.1) is 0 Å². The zero-order chi connectivity index (χ0) is 18.6. The lowest BCUT2D eigenvalue weighted by molar-refractivity contribution is 0.0706. The number of likely N-dealkylation sites (tertiary alicyclic amines) is 1. The van der Waals surface area contributed by atoms with E-state index in [4.69, 9.17) is 0 Å². The van der Waals surface area contributed by atoms with E-state index < -0.39 is 0 Å². The van der Waals surface area contributed by atoms with Gasteiger partial charge in [0.15, 0.2) is 5.82 Å². The first-order chi connectivity index (χ1) is 13.2. The van der Waals surface area contributed by atoms with Crippen LogP contribution in [0.2, 0.25) is 0 Å². The second-order valence-corrected chi connectivity index (χ2v) is 6.44. The van der Waals surface area contributed by atoms with Crippen molar-refractivity contribution < 1.29 is 4.79 Å². The summed E-state index contributed by atoms with van der Waals surface area (Å²) < 4.78 is 0. The van der Waals surface area contributed by atoms with Crippen LogP contribution in [-0.4, -0.2) is 48.8 Å². The summed E-state index contributed by atoms with van der Waals surface area (Å²) in [5.74, 6) is 0.367. The maximum atomic E-state index is 12.7. The Kier molecular flexibility index (Phi) is 4.69. The van der Waals surface area contributed by atoms with Crippen molar-refractivity contribution in [3.8, 4) is 11.5 Å². The van der Waals surface area contributed by atoms with Gasteiger partial charge in [-0.2, -0.15) is 0 Å². The molecule has 1 saturated heterocycles. The maximum absolute atomic E-state index is 12.7. The molecular weight excluding hydrogens is 344 g/mol. The fourth-order valence-corrected chi connectivity index (χ4v) is 3.31. The molecule has 4 rings (SSSR count). The summed E-state index contributed by atoms with van der Waals surface area (Å²) in [6.07, 6.45) is 9.63. The number of pyridine rings is 1. The summed E-state index contributed by atoms with van der Waals surface area (Å²) in [6.45, 7) is 1.22. The molecule has 3 aromatic rings. The summed E-state index contributed by atoms with van der Waals surface area (Å²) >= 11 is 0. The first-order valence-corrected chi connectivity index (χ1v) is 8.77. The number of hydrogen-bond acceptors (Lipinski definition) is 6. The number of carbonyl (C=O) groups is 1. The molecular formula is C19H18N6O2. The van der Waals surface area contributed by atoms with Crippen molar-refractivity contribution in [2.24, 2.45) is 0 Å². The molecule has 4 heterocycles. The zero-order valence-corrected chi connectivity index (χ0v) is 14.6. The highest BCUT2D eigenvalue weighted by Crippen LogP contribution is 2.26. The summed E-state index contributed by atoms with van der Waals surface area (Å²) in [4.78, 5) is 46.1. The van der Waals surface area contributed by atoms with E-state index in [0.717, 1.165) is 12.8 Å². The minimum atomic E-state index is -0.238. The Hall–Kier alpha value is -3.42. The second kappa shape index (κ2) is 7.45. The Morgan fingerprint density at radius 3 is 2.78 bits per heavy atom. The van der Waals surface area contributed by atoms with Gasteiger partial charge in [0, 0.05) is 55.4 Å². The van der Waals surface area contributed by atoms with E-state index in [0.29, 0.717) is 35.9 Å². The normalized spacial score (nSPS) is 16.9. The van der Waals surface area contributed by atoms with Crippen LogP contribution in [0.3, 0.4) is 0 Å². The van der Waals surface area contributed by atoms with Gasteiger partial charge < -0.3 is 9.88 Å². The highest BCUT2D eigenvalue weighted by atomic mass is 16.2. The molecule has 1 atom stereocenters. The summed E-state index contributed by atoms with van der Waals surface area (Å²) in [5, 5.41) is 0. The van der Waals surface area contributed by atoms with Crippen LogP contribution in [0, 0.1) is 0 Å². The fraction of sp³-hybridized carbons (Fsp3) is 0.263. The SMILES string of the molecule is O=C(c1ccncc1)N1CCC[C@@H](c2cc(=O)[nH]c(-c3cnccn3)n2)C1. The van der Waals surface area contributed by atoms with Gasteiger partial charge in [-0.3, -0.25) is 19.6 Å². The third-order valence-corrected chi connectivity index (χ3v) is 4.62. The number of aromatic amines is 1. The van der Waals surface area contributed by atoms with Gasteiger partial charge in [0.1, 0.15) is 5.69 Å². The number of amides is 1. The third-order valence-electron chi connectivity index (χ3n) is 4.62. The average Bonchev–Trinajstić information content (AvgIpc) is 2.74. The van der Waals surface area contributed by atoms with Crippen molar-refractivity contribution in [2.75, 3.05) is 13.1 Å². The van der Waals surface area contributed by atoms with Gasteiger partial charge in [0.25, 0.3) is 11.5 Å². The minimum absolute atomic E-state index is 0.00209. The van der Waals surface area contributed by atoms with E-state index in [-0.39, 0.29) is 17.4 Å². The topological polar surface area (TPSA) is 105 Å². The van der Waals surface area contributed by atoms with Gasteiger partial charge in [0.05, 0.1) is 11.9 Å². The van der Waals surface area contributed by atoms with Crippen molar-refractivity contribution in [1.29, 1.82) is 0 Å². The summed E-state index contributed by atoms with van der Waals surface area (Å²) in [6, 6.07) is 4.93. The maximum Gasteiger partial charge on any atom is 0.253 e. The molecule has 1 aliphatic rings. The molecule has 1 N–H and O–H groups in total. The number of piperidine rings is 1. The molecule has 1 fully saturated rings. The molecule has 1 amide bonds. The Balaban J connectivity index is 1.59. The minimum Gasteiger partial charge on any atom is -0.338 e. The number of nitrogens with one attached hydrogen (secondary N) is 1. The highest BCUT2D eigenvalue weighted by Gasteiger charge is 2.27. The predicted molar refractivity (Wildman–Crippen MR) is 98.0 cm³/mol. The van der Waals surface area contributed by atoms with E-state index in [1.54, 1.807) is 43.1 Å². The monoisotopic (exact) mass is 362 g/mol. The number of hydrogen-bond donors (Lipinski definition) is 1. The van der Waals surface area contributed by atoms with Crippen LogP contribution >= 0.6 is 0 Å². The molecule has 0 spiro atoms. The van der Waals surface area contributed by atoms with Gasteiger partial charge >= 0.3 is 0 Å². The van der Waals surface area contributed by atoms with Gasteiger partial charge in [-0.1, -0.05) is 0 Å². The molecule has 0 radical (unpaired) electrons. The molecule has 8 heteroatoms. The number of carbonyl (C=O) groups excluding carboxylic acids is 1. The predicted octanol–water partition coefficient (Wildman–Crippen LogP) is 1.64. The molecule has 0 bridgehead atoms. The average molecular weight is 362 g/mol. The smallest absolute Gasteiger partial charge is 0.253 e. The lowest BCUT2D eigenvalue weighted by Crippen LogP contribution is -2.39. The lowest BCUT2D eigenvalue weighted by atomic mass is 9.94. The Morgan fingerprint density at radius 2 is 2.00 bits per heavy atom. The van der Waals surface area contributed by atoms with E-state index in [9.17, 15) is 9.59 Å². The molecule has 0 unspecified atom stereocenters. The van der Waals surface area contributed by atoms with Crippen molar-refractivity contribution >= 4 is 5.91 Å². The van der Waals surface area contributed by atoms with Crippen molar-refractivity contribution in [1.82, 2.24) is 29.8 Å².